The Hall–Kier alpha value is -0.380. The second-order valence-electron chi connectivity index (χ2n) is 8.13. The Balaban J connectivity index is -0.000000521. The van der Waals surface area contributed by atoms with Gasteiger partial charge in [-0.15, -0.1) is 49.6 Å². The molecule has 2 unspecified atom stereocenters. The second kappa shape index (κ2) is 17.2. The molecule has 0 rings (SSSR count). The average molecular weight is 514 g/mol. The SMILES string of the molecule is CCC(NC(=N)C(C)(C)/N=N/C(C)(C)C(=N)NC(CC)N(C)C)N(C)C.Cl.Cl.Cl.Cl. The highest BCUT2D eigenvalue weighted by molar-refractivity contribution is 5.89. The first-order valence-corrected chi connectivity index (χ1v) is 9.26. The molecule has 0 amide bonds. The van der Waals surface area contributed by atoms with E-state index in [1.807, 2.05) is 65.7 Å². The lowest BCUT2D eigenvalue weighted by molar-refractivity contribution is 0.262. The zero-order chi connectivity index (χ0) is 20.7. The third-order valence-corrected chi connectivity index (χ3v) is 4.42. The molecule has 0 aromatic rings. The van der Waals surface area contributed by atoms with E-state index in [2.05, 4.69) is 34.7 Å². The van der Waals surface area contributed by atoms with Crippen molar-refractivity contribution in [1.29, 1.82) is 10.8 Å². The van der Waals surface area contributed by atoms with Gasteiger partial charge >= 0.3 is 0 Å². The highest BCUT2D eigenvalue weighted by Crippen LogP contribution is 2.18. The minimum atomic E-state index is -0.785. The van der Waals surface area contributed by atoms with E-state index in [9.17, 15) is 0 Å². The van der Waals surface area contributed by atoms with Crippen molar-refractivity contribution in [2.45, 2.75) is 77.8 Å². The predicted molar refractivity (Wildman–Crippen MR) is 139 cm³/mol. The molecule has 0 fully saturated rings. The lowest BCUT2D eigenvalue weighted by Crippen LogP contribution is -2.51. The summed E-state index contributed by atoms with van der Waals surface area (Å²) in [7, 11) is 7.92. The van der Waals surface area contributed by atoms with Gasteiger partial charge in [0.25, 0.3) is 0 Å². The molecule has 0 saturated heterocycles. The maximum Gasteiger partial charge on any atom is 0.132 e. The second-order valence-corrected chi connectivity index (χ2v) is 8.13. The monoisotopic (exact) mass is 512 g/mol. The quantitative estimate of drug-likeness (QED) is 0.150. The van der Waals surface area contributed by atoms with Crippen molar-refractivity contribution >= 4 is 61.3 Å². The summed E-state index contributed by atoms with van der Waals surface area (Å²) in [4.78, 5) is 4.08. The molecule has 0 heterocycles. The van der Waals surface area contributed by atoms with Crippen LogP contribution in [0.2, 0.25) is 0 Å². The van der Waals surface area contributed by atoms with Gasteiger partial charge in [-0.2, -0.15) is 10.2 Å². The Morgan fingerprint density at radius 2 is 0.933 bits per heavy atom. The van der Waals surface area contributed by atoms with Crippen LogP contribution in [-0.2, 0) is 0 Å². The molecule has 2 atom stereocenters. The van der Waals surface area contributed by atoms with Crippen molar-refractivity contribution in [2.75, 3.05) is 28.2 Å². The summed E-state index contributed by atoms with van der Waals surface area (Å²) in [6, 6.07) is 0. The van der Waals surface area contributed by atoms with E-state index in [-0.39, 0.29) is 62.0 Å². The zero-order valence-electron chi connectivity index (χ0n) is 20.0. The van der Waals surface area contributed by atoms with Crippen molar-refractivity contribution in [3.8, 4) is 0 Å². The summed E-state index contributed by atoms with van der Waals surface area (Å²) in [5, 5.41) is 31.9. The van der Waals surface area contributed by atoms with Gasteiger partial charge in [-0.25, -0.2) is 0 Å². The van der Waals surface area contributed by atoms with Gasteiger partial charge in [0.05, 0.1) is 12.3 Å². The van der Waals surface area contributed by atoms with Crippen LogP contribution in [0, 0.1) is 10.8 Å². The number of nitrogens with one attached hydrogen (secondary N) is 4. The number of halogens is 4. The maximum absolute atomic E-state index is 8.37. The number of nitrogens with zero attached hydrogens (tertiary/aromatic N) is 4. The number of hydrogen-bond donors (Lipinski definition) is 4. The van der Waals surface area contributed by atoms with E-state index in [0.29, 0.717) is 11.7 Å². The molecule has 0 saturated carbocycles. The number of amidine groups is 2. The fourth-order valence-corrected chi connectivity index (χ4v) is 2.23. The number of azo groups is 1. The van der Waals surface area contributed by atoms with E-state index in [0.717, 1.165) is 12.8 Å². The van der Waals surface area contributed by atoms with Crippen LogP contribution in [-0.4, -0.2) is 73.1 Å². The fraction of sp³-hybridized carbons (Fsp3) is 0.889. The summed E-state index contributed by atoms with van der Waals surface area (Å²) in [6.45, 7) is 11.6. The first-order chi connectivity index (χ1) is 11.8. The van der Waals surface area contributed by atoms with Gasteiger partial charge in [0, 0.05) is 0 Å². The molecule has 12 heteroatoms. The standard InChI is InChI=1S/C18H40N8.4ClH/c1-11-13(25(7)8)21-15(19)17(3,4)23-24-18(5,6)16(20)22-14(12-2)26(9)10;;;;/h13-14H,11-12H2,1-10H3,(H2,19,21)(H2,20,22);4*1H/b24-23+;;;;. The van der Waals surface area contributed by atoms with E-state index >= 15 is 0 Å². The Bertz CT molecular complexity index is 466. The molecule has 30 heavy (non-hydrogen) atoms. The molecule has 0 aromatic carbocycles. The Kier molecular flexibility index (Phi) is 23.0. The third-order valence-electron chi connectivity index (χ3n) is 4.42. The third kappa shape index (κ3) is 13.1. The zero-order valence-corrected chi connectivity index (χ0v) is 23.3. The van der Waals surface area contributed by atoms with Crippen LogP contribution >= 0.6 is 49.6 Å². The first kappa shape index (κ1) is 40.0. The van der Waals surface area contributed by atoms with Gasteiger partial charge < -0.3 is 10.6 Å². The molecule has 0 aliphatic heterocycles. The predicted octanol–water partition coefficient (Wildman–Crippen LogP) is 4.41. The van der Waals surface area contributed by atoms with Crippen LogP contribution in [0.25, 0.3) is 0 Å². The van der Waals surface area contributed by atoms with Crippen molar-refractivity contribution < 1.29 is 0 Å². The van der Waals surface area contributed by atoms with E-state index < -0.39 is 11.1 Å². The van der Waals surface area contributed by atoms with Crippen molar-refractivity contribution in [3.05, 3.63) is 0 Å². The number of rotatable bonds is 10. The molecule has 0 spiro atoms. The molecule has 184 valence electrons. The van der Waals surface area contributed by atoms with Crippen molar-refractivity contribution in [2.24, 2.45) is 10.2 Å². The van der Waals surface area contributed by atoms with Gasteiger partial charge in [0.15, 0.2) is 0 Å². The van der Waals surface area contributed by atoms with Crippen LogP contribution in [0.1, 0.15) is 54.4 Å². The largest absolute Gasteiger partial charge is 0.356 e. The van der Waals surface area contributed by atoms with E-state index in [1.54, 1.807) is 0 Å². The Labute approximate surface area is 208 Å². The molecule has 0 radical (unpaired) electrons. The molecule has 8 nitrogen and oxygen atoms in total. The van der Waals surface area contributed by atoms with Crippen LogP contribution in [0.4, 0.5) is 0 Å². The molecular formula is C18H44Cl4N8. The molecule has 4 N–H and O–H groups in total. The lowest BCUT2D eigenvalue weighted by atomic mass is 10.0. The average Bonchev–Trinajstić information content (AvgIpc) is 2.54. The van der Waals surface area contributed by atoms with Gasteiger partial charge in [0.2, 0.25) is 0 Å². The smallest absolute Gasteiger partial charge is 0.132 e. The molecular weight excluding hydrogens is 470 g/mol. The van der Waals surface area contributed by atoms with Crippen LogP contribution in [0.3, 0.4) is 0 Å². The summed E-state index contributed by atoms with van der Waals surface area (Å²) in [5.74, 6) is 0.633. The summed E-state index contributed by atoms with van der Waals surface area (Å²) < 4.78 is 0. The van der Waals surface area contributed by atoms with Crippen molar-refractivity contribution in [1.82, 2.24) is 20.4 Å². The molecule has 0 aliphatic rings. The topological polar surface area (TPSA) is 103 Å². The van der Waals surface area contributed by atoms with Crippen molar-refractivity contribution in [3.63, 3.8) is 0 Å². The number of hydrogen-bond acceptors (Lipinski definition) is 6. The van der Waals surface area contributed by atoms with Gasteiger partial charge in [-0.3, -0.25) is 20.6 Å². The summed E-state index contributed by atoms with van der Waals surface area (Å²) >= 11 is 0. The molecule has 0 bridgehead atoms. The van der Waals surface area contributed by atoms with Crippen LogP contribution < -0.4 is 10.6 Å². The van der Waals surface area contributed by atoms with Crippen LogP contribution in [0.15, 0.2) is 10.2 Å². The fourth-order valence-electron chi connectivity index (χ4n) is 2.23. The Morgan fingerprint density at radius 3 is 1.10 bits per heavy atom. The Morgan fingerprint density at radius 1 is 0.700 bits per heavy atom. The molecule has 0 aliphatic carbocycles. The van der Waals surface area contributed by atoms with Crippen LogP contribution in [0.5, 0.6) is 0 Å². The van der Waals surface area contributed by atoms with E-state index in [4.69, 9.17) is 10.8 Å². The minimum absolute atomic E-state index is 0. The van der Waals surface area contributed by atoms with E-state index in [1.165, 1.54) is 0 Å². The highest BCUT2D eigenvalue weighted by Gasteiger charge is 2.30. The first-order valence-electron chi connectivity index (χ1n) is 9.26. The maximum atomic E-state index is 8.37. The van der Waals surface area contributed by atoms with Gasteiger partial charge in [-0.05, 0) is 68.7 Å². The van der Waals surface area contributed by atoms with Gasteiger partial charge in [-0.1, -0.05) is 13.8 Å². The normalized spacial score (nSPS) is 13.3. The van der Waals surface area contributed by atoms with Gasteiger partial charge in [0.1, 0.15) is 22.7 Å². The highest BCUT2D eigenvalue weighted by atomic mass is 35.5. The summed E-state index contributed by atoms with van der Waals surface area (Å²) in [6.07, 6.45) is 1.92. The lowest BCUT2D eigenvalue weighted by Gasteiger charge is -2.31. The minimum Gasteiger partial charge on any atom is -0.356 e. The molecule has 0 aromatic heterocycles. The summed E-state index contributed by atoms with van der Waals surface area (Å²) in [5.41, 5.74) is -1.57.